The summed E-state index contributed by atoms with van der Waals surface area (Å²) in [5.74, 6) is -4.99. The van der Waals surface area contributed by atoms with Crippen molar-refractivity contribution in [3.8, 4) is 39.5 Å². The SMILES string of the molecule is CSc1cc(-c2ccc(-n3cc(C(F)(F)C(C)C)nc3C)c(-n3nncc3-c3ccc(OC(F)(F)F)cc3)c2)cc(F)c1CO. The quantitative estimate of drug-likeness (QED) is 0.129. The summed E-state index contributed by atoms with van der Waals surface area (Å²) in [4.78, 5) is 4.68. The van der Waals surface area contributed by atoms with E-state index in [1.165, 1.54) is 65.5 Å². The molecule has 0 saturated carbocycles. The van der Waals surface area contributed by atoms with Crippen molar-refractivity contribution in [3.63, 3.8) is 0 Å². The first kappa shape index (κ1) is 32.1. The van der Waals surface area contributed by atoms with Crippen LogP contribution in [0.15, 0.2) is 71.9 Å². The Bertz CT molecular complexity index is 1830. The number of aromatic nitrogens is 5. The molecule has 0 atom stereocenters. The average molecular weight is 648 g/mol. The third-order valence-electron chi connectivity index (χ3n) is 7.21. The zero-order valence-corrected chi connectivity index (χ0v) is 25.2. The Morgan fingerprint density at radius 2 is 1.62 bits per heavy atom. The molecule has 3 aromatic carbocycles. The summed E-state index contributed by atoms with van der Waals surface area (Å²) in [5.41, 5.74) is 2.28. The van der Waals surface area contributed by atoms with Gasteiger partial charge in [-0.1, -0.05) is 25.1 Å². The van der Waals surface area contributed by atoms with E-state index < -0.39 is 42.1 Å². The molecule has 2 aromatic heterocycles. The van der Waals surface area contributed by atoms with Gasteiger partial charge in [-0.3, -0.25) is 0 Å². The Kier molecular flexibility index (Phi) is 8.73. The number of nitrogens with zero attached hydrogens (tertiary/aromatic N) is 5. The second-order valence-corrected chi connectivity index (χ2v) is 11.3. The molecule has 0 aliphatic carbocycles. The molecule has 0 radical (unpaired) electrons. The van der Waals surface area contributed by atoms with Crippen molar-refractivity contribution in [2.75, 3.05) is 6.26 Å². The van der Waals surface area contributed by atoms with Gasteiger partial charge in [-0.25, -0.2) is 14.1 Å². The highest BCUT2D eigenvalue weighted by Crippen LogP contribution is 2.38. The molecular weight excluding hydrogens is 620 g/mol. The standard InChI is InChI=1S/C31H27F6N5O2S/c1-17(2)30(33,34)29-15-41(18(3)39-29)25-10-7-20(21-11-24(32)23(16-43)28(13-21)45-4)12-26(25)42-27(14-38-40-42)19-5-8-22(9-6-19)44-31(35,36)37/h5-15,17,43H,16H2,1-4H3. The predicted molar refractivity (Wildman–Crippen MR) is 157 cm³/mol. The third kappa shape index (κ3) is 6.43. The van der Waals surface area contributed by atoms with E-state index in [1.807, 2.05) is 0 Å². The van der Waals surface area contributed by atoms with E-state index in [9.17, 15) is 31.4 Å². The molecule has 0 saturated heterocycles. The van der Waals surface area contributed by atoms with Gasteiger partial charge in [-0.15, -0.1) is 30.0 Å². The Balaban J connectivity index is 1.70. The molecule has 0 aliphatic rings. The van der Waals surface area contributed by atoms with Gasteiger partial charge in [-0.2, -0.15) is 8.78 Å². The number of hydrogen-bond acceptors (Lipinski definition) is 6. The Morgan fingerprint density at radius 3 is 2.24 bits per heavy atom. The lowest BCUT2D eigenvalue weighted by Crippen LogP contribution is -2.21. The summed E-state index contributed by atoms with van der Waals surface area (Å²) in [6.45, 7) is 3.88. The normalized spacial score (nSPS) is 12.3. The highest BCUT2D eigenvalue weighted by molar-refractivity contribution is 7.98. The van der Waals surface area contributed by atoms with Gasteiger partial charge in [0.2, 0.25) is 0 Å². The molecule has 0 amide bonds. The van der Waals surface area contributed by atoms with Crippen molar-refractivity contribution in [2.24, 2.45) is 5.92 Å². The van der Waals surface area contributed by atoms with Crippen molar-refractivity contribution >= 4 is 11.8 Å². The average Bonchev–Trinajstić information content (AvgIpc) is 3.63. The molecule has 14 heteroatoms. The molecule has 0 unspecified atom stereocenters. The van der Waals surface area contributed by atoms with Crippen LogP contribution in [0, 0.1) is 18.7 Å². The van der Waals surface area contributed by atoms with Crippen LogP contribution in [0.1, 0.15) is 30.9 Å². The summed E-state index contributed by atoms with van der Waals surface area (Å²) in [6, 6.07) is 13.1. The zero-order valence-electron chi connectivity index (χ0n) is 24.4. The number of imidazole rings is 1. The lowest BCUT2D eigenvalue weighted by molar-refractivity contribution is -0.274. The van der Waals surface area contributed by atoms with Gasteiger partial charge in [0.1, 0.15) is 23.1 Å². The Morgan fingerprint density at radius 1 is 0.933 bits per heavy atom. The molecule has 5 aromatic rings. The van der Waals surface area contributed by atoms with Crippen LogP contribution in [0.4, 0.5) is 26.3 Å². The van der Waals surface area contributed by atoms with Crippen LogP contribution in [0.5, 0.6) is 5.75 Å². The van der Waals surface area contributed by atoms with Gasteiger partial charge in [0.15, 0.2) is 0 Å². The molecule has 7 nitrogen and oxygen atoms in total. The van der Waals surface area contributed by atoms with Gasteiger partial charge in [-0.05, 0) is 72.8 Å². The fourth-order valence-corrected chi connectivity index (χ4v) is 5.45. The number of aliphatic hydroxyl groups excluding tert-OH is 1. The van der Waals surface area contributed by atoms with E-state index >= 15 is 0 Å². The molecule has 0 fully saturated rings. The van der Waals surface area contributed by atoms with Crippen molar-refractivity contribution in [1.29, 1.82) is 0 Å². The summed E-state index contributed by atoms with van der Waals surface area (Å²) in [5, 5.41) is 17.9. The maximum Gasteiger partial charge on any atom is 0.573 e. The second-order valence-electron chi connectivity index (χ2n) is 10.4. The number of alkyl halides is 5. The summed E-state index contributed by atoms with van der Waals surface area (Å²) in [6.07, 6.45) is -0.462. The maximum absolute atomic E-state index is 15.0. The van der Waals surface area contributed by atoms with Crippen molar-refractivity contribution in [1.82, 2.24) is 24.5 Å². The highest BCUT2D eigenvalue weighted by Gasteiger charge is 2.39. The second kappa shape index (κ2) is 12.2. The van der Waals surface area contributed by atoms with Crippen molar-refractivity contribution in [3.05, 3.63) is 89.9 Å². The number of aliphatic hydroxyl groups is 1. The lowest BCUT2D eigenvalue weighted by Gasteiger charge is -2.18. The Hall–Kier alpha value is -4.30. The van der Waals surface area contributed by atoms with Crippen LogP contribution in [-0.2, 0) is 12.5 Å². The van der Waals surface area contributed by atoms with Crippen LogP contribution < -0.4 is 4.74 Å². The van der Waals surface area contributed by atoms with E-state index in [0.717, 1.165) is 12.1 Å². The number of rotatable bonds is 9. The van der Waals surface area contributed by atoms with Crippen molar-refractivity contribution < 1.29 is 36.2 Å². The van der Waals surface area contributed by atoms with Crippen LogP contribution in [0.25, 0.3) is 33.8 Å². The van der Waals surface area contributed by atoms with Gasteiger partial charge < -0.3 is 14.4 Å². The van der Waals surface area contributed by atoms with E-state index in [0.29, 0.717) is 38.7 Å². The largest absolute Gasteiger partial charge is 0.573 e. The minimum atomic E-state index is -4.86. The topological polar surface area (TPSA) is 78.0 Å². The summed E-state index contributed by atoms with van der Waals surface area (Å²) >= 11 is 1.27. The number of aryl methyl sites for hydroxylation is 1. The van der Waals surface area contributed by atoms with Gasteiger partial charge in [0.25, 0.3) is 5.92 Å². The third-order valence-corrected chi connectivity index (χ3v) is 8.01. The monoisotopic (exact) mass is 647 g/mol. The van der Waals surface area contributed by atoms with Gasteiger partial charge in [0.05, 0.1) is 29.9 Å². The summed E-state index contributed by atoms with van der Waals surface area (Å²) < 4.78 is 90.0. The molecule has 5 rings (SSSR count). The van der Waals surface area contributed by atoms with Crippen LogP contribution in [-0.4, -0.2) is 42.3 Å². The molecule has 1 N–H and O–H groups in total. The van der Waals surface area contributed by atoms with E-state index in [-0.39, 0.29) is 11.4 Å². The van der Waals surface area contributed by atoms with E-state index in [4.69, 9.17) is 0 Å². The molecular formula is C31H27F6N5O2S. The predicted octanol–water partition coefficient (Wildman–Crippen LogP) is 8.10. The molecule has 45 heavy (non-hydrogen) atoms. The van der Waals surface area contributed by atoms with Crippen molar-refractivity contribution in [2.45, 2.75) is 44.6 Å². The molecule has 236 valence electrons. The molecule has 2 heterocycles. The van der Waals surface area contributed by atoms with Crippen LogP contribution in [0.3, 0.4) is 0 Å². The first-order valence-corrected chi connectivity index (χ1v) is 14.8. The van der Waals surface area contributed by atoms with E-state index in [2.05, 4.69) is 20.0 Å². The number of ether oxygens (including phenoxy) is 1. The highest BCUT2D eigenvalue weighted by atomic mass is 32.2. The fraction of sp³-hybridized carbons (Fsp3) is 0.258. The van der Waals surface area contributed by atoms with Crippen LogP contribution in [0.2, 0.25) is 0 Å². The Labute approximate surface area is 258 Å². The summed E-state index contributed by atoms with van der Waals surface area (Å²) in [7, 11) is 0. The zero-order chi connectivity index (χ0) is 32.7. The van der Waals surface area contributed by atoms with Gasteiger partial charge in [0, 0.05) is 28.1 Å². The first-order chi connectivity index (χ1) is 21.2. The smallest absolute Gasteiger partial charge is 0.406 e. The fourth-order valence-electron chi connectivity index (χ4n) is 4.80. The molecule has 0 aliphatic heterocycles. The number of halogens is 6. The number of benzene rings is 3. The molecule has 0 bridgehead atoms. The maximum atomic E-state index is 15.0. The lowest BCUT2D eigenvalue weighted by atomic mass is 10.0. The molecule has 0 spiro atoms. The first-order valence-electron chi connectivity index (χ1n) is 13.6. The minimum absolute atomic E-state index is 0.159. The minimum Gasteiger partial charge on any atom is -0.406 e. The number of hydrogen-bond donors (Lipinski definition) is 1. The van der Waals surface area contributed by atoms with Crippen LogP contribution >= 0.6 is 11.8 Å². The van der Waals surface area contributed by atoms with E-state index in [1.54, 1.807) is 37.4 Å². The van der Waals surface area contributed by atoms with Gasteiger partial charge >= 0.3 is 6.36 Å². The number of thioether (sulfide) groups is 1.